The summed E-state index contributed by atoms with van der Waals surface area (Å²) in [6.45, 7) is 0.207. The van der Waals surface area contributed by atoms with Crippen LogP contribution < -0.4 is 5.32 Å². The molecule has 0 aliphatic heterocycles. The van der Waals surface area contributed by atoms with Gasteiger partial charge in [0.2, 0.25) is 0 Å². The topological polar surface area (TPSA) is 65.1 Å². The molecule has 2 aromatic heterocycles. The van der Waals surface area contributed by atoms with Crippen molar-refractivity contribution in [3.63, 3.8) is 0 Å². The average Bonchev–Trinajstić information content (AvgIpc) is 3.13. The number of rotatable bonds is 4. The van der Waals surface area contributed by atoms with Crippen molar-refractivity contribution in [1.29, 1.82) is 0 Å². The summed E-state index contributed by atoms with van der Waals surface area (Å²) < 4.78 is 0. The van der Waals surface area contributed by atoms with Gasteiger partial charge >= 0.3 is 0 Å². The van der Waals surface area contributed by atoms with Crippen LogP contribution in [0.2, 0.25) is 0 Å². The fourth-order valence-corrected chi connectivity index (χ4v) is 2.77. The van der Waals surface area contributed by atoms with Gasteiger partial charge in [0.25, 0.3) is 5.91 Å². The predicted octanol–water partition coefficient (Wildman–Crippen LogP) is 2.69. The molecule has 0 aliphatic rings. The first-order valence-corrected chi connectivity index (χ1v) is 7.24. The molecule has 0 spiro atoms. The van der Waals surface area contributed by atoms with Crippen LogP contribution in [0.15, 0.2) is 47.3 Å². The van der Waals surface area contributed by atoms with Crippen LogP contribution in [0, 0.1) is 0 Å². The number of aromatic nitrogens is 1. The third-order valence-electron chi connectivity index (χ3n) is 3.20. The number of thiophene rings is 1. The van der Waals surface area contributed by atoms with E-state index in [1.165, 1.54) is 11.3 Å². The van der Waals surface area contributed by atoms with Gasteiger partial charge in [0.05, 0.1) is 6.10 Å². The number of carbonyl (C=O) groups is 1. The second-order valence-electron chi connectivity index (χ2n) is 4.56. The van der Waals surface area contributed by atoms with Gasteiger partial charge in [-0.05, 0) is 46.0 Å². The molecule has 0 unspecified atom stereocenters. The number of amides is 1. The van der Waals surface area contributed by atoms with Crippen LogP contribution >= 0.6 is 11.3 Å². The first-order chi connectivity index (χ1) is 9.74. The molecule has 0 bridgehead atoms. The highest BCUT2D eigenvalue weighted by Crippen LogP contribution is 2.16. The Hall–Kier alpha value is -2.11. The van der Waals surface area contributed by atoms with Gasteiger partial charge in [0.1, 0.15) is 0 Å². The Morgan fingerprint density at radius 3 is 3.05 bits per heavy atom. The Bertz CT molecular complexity index is 718. The molecule has 0 saturated carbocycles. The number of fused-ring (bicyclic) bond motifs is 1. The quantitative estimate of drug-likeness (QED) is 0.690. The van der Waals surface area contributed by atoms with E-state index in [1.54, 1.807) is 6.07 Å². The summed E-state index contributed by atoms with van der Waals surface area (Å²) in [6, 6.07) is 9.30. The Morgan fingerprint density at radius 1 is 1.35 bits per heavy atom. The maximum Gasteiger partial charge on any atom is 0.251 e. The molecule has 0 aliphatic carbocycles. The van der Waals surface area contributed by atoms with E-state index < -0.39 is 6.10 Å². The van der Waals surface area contributed by atoms with Crippen LogP contribution in [0.3, 0.4) is 0 Å². The number of nitrogens with one attached hydrogen (secondary N) is 2. The molecule has 0 saturated heterocycles. The molecule has 3 aromatic rings. The first kappa shape index (κ1) is 12.9. The van der Waals surface area contributed by atoms with Crippen LogP contribution in [0.1, 0.15) is 22.0 Å². The SMILES string of the molecule is O=C(NC[C@@H](O)c1ccsc1)c1ccc2cc[nH]c2c1. The molecule has 102 valence electrons. The van der Waals surface area contributed by atoms with Crippen LogP contribution in [0.25, 0.3) is 10.9 Å². The molecule has 3 N–H and O–H groups in total. The van der Waals surface area contributed by atoms with Gasteiger partial charge in [-0.1, -0.05) is 6.07 Å². The zero-order chi connectivity index (χ0) is 13.9. The van der Waals surface area contributed by atoms with E-state index in [9.17, 15) is 9.90 Å². The van der Waals surface area contributed by atoms with Crippen molar-refractivity contribution in [2.24, 2.45) is 0 Å². The zero-order valence-electron chi connectivity index (χ0n) is 10.7. The highest BCUT2D eigenvalue weighted by molar-refractivity contribution is 7.07. The van der Waals surface area contributed by atoms with Crippen molar-refractivity contribution in [2.45, 2.75) is 6.10 Å². The summed E-state index contributed by atoms with van der Waals surface area (Å²) in [5.41, 5.74) is 2.34. The van der Waals surface area contributed by atoms with Crippen molar-refractivity contribution >= 4 is 28.1 Å². The number of aliphatic hydroxyl groups excluding tert-OH is 1. The molecule has 0 fully saturated rings. The molecular weight excluding hydrogens is 272 g/mol. The minimum absolute atomic E-state index is 0.184. The third kappa shape index (κ3) is 2.59. The summed E-state index contributed by atoms with van der Waals surface area (Å²) in [5.74, 6) is -0.184. The lowest BCUT2D eigenvalue weighted by Gasteiger charge is -2.10. The van der Waals surface area contributed by atoms with Crippen LogP contribution in [-0.4, -0.2) is 22.5 Å². The van der Waals surface area contributed by atoms with Gasteiger partial charge in [-0.2, -0.15) is 11.3 Å². The molecule has 1 aromatic carbocycles. The summed E-state index contributed by atoms with van der Waals surface area (Å²) in [4.78, 5) is 15.1. The van der Waals surface area contributed by atoms with E-state index in [1.807, 2.05) is 41.2 Å². The van der Waals surface area contributed by atoms with Crippen LogP contribution in [0.4, 0.5) is 0 Å². The lowest BCUT2D eigenvalue weighted by molar-refractivity contribution is 0.0916. The minimum Gasteiger partial charge on any atom is -0.387 e. The average molecular weight is 286 g/mol. The lowest BCUT2D eigenvalue weighted by Crippen LogP contribution is -2.28. The smallest absolute Gasteiger partial charge is 0.251 e. The minimum atomic E-state index is -0.667. The van der Waals surface area contributed by atoms with Gasteiger partial charge < -0.3 is 15.4 Å². The van der Waals surface area contributed by atoms with Gasteiger partial charge in [-0.15, -0.1) is 0 Å². The van der Waals surface area contributed by atoms with Crippen molar-refractivity contribution in [2.75, 3.05) is 6.54 Å². The Kier molecular flexibility index (Phi) is 3.54. The summed E-state index contributed by atoms with van der Waals surface area (Å²) in [5, 5.41) is 17.5. The van der Waals surface area contributed by atoms with Crippen molar-refractivity contribution in [3.8, 4) is 0 Å². The Labute approximate surface area is 120 Å². The second kappa shape index (κ2) is 5.48. The van der Waals surface area contributed by atoms with E-state index >= 15 is 0 Å². The summed E-state index contributed by atoms with van der Waals surface area (Å²) >= 11 is 1.52. The third-order valence-corrected chi connectivity index (χ3v) is 3.90. The fraction of sp³-hybridized carbons (Fsp3) is 0.133. The first-order valence-electron chi connectivity index (χ1n) is 6.29. The highest BCUT2D eigenvalue weighted by Gasteiger charge is 2.11. The maximum atomic E-state index is 12.1. The molecule has 0 radical (unpaired) electrons. The van der Waals surface area contributed by atoms with Crippen LogP contribution in [-0.2, 0) is 0 Å². The van der Waals surface area contributed by atoms with Gasteiger partial charge in [-0.25, -0.2) is 0 Å². The second-order valence-corrected chi connectivity index (χ2v) is 5.34. The molecule has 3 rings (SSSR count). The van der Waals surface area contributed by atoms with Gasteiger partial charge in [0, 0.05) is 23.8 Å². The summed E-state index contributed by atoms with van der Waals surface area (Å²) in [7, 11) is 0. The zero-order valence-corrected chi connectivity index (χ0v) is 11.5. The number of hydrogen-bond acceptors (Lipinski definition) is 3. The molecule has 5 heteroatoms. The maximum absolute atomic E-state index is 12.1. The molecular formula is C15H14N2O2S. The number of H-pyrrole nitrogens is 1. The van der Waals surface area contributed by atoms with Crippen LogP contribution in [0.5, 0.6) is 0 Å². The number of carbonyl (C=O) groups excluding carboxylic acids is 1. The van der Waals surface area contributed by atoms with Crippen molar-refractivity contribution in [1.82, 2.24) is 10.3 Å². The van der Waals surface area contributed by atoms with Crippen molar-refractivity contribution < 1.29 is 9.90 Å². The fourth-order valence-electron chi connectivity index (χ4n) is 2.06. The standard InChI is InChI=1S/C15H14N2O2S/c18-14(12-4-6-20-9-12)8-17-15(19)11-2-1-10-3-5-16-13(10)7-11/h1-7,9,14,16,18H,8H2,(H,17,19)/t14-/m1/s1. The molecule has 4 nitrogen and oxygen atoms in total. The number of aromatic amines is 1. The molecule has 2 heterocycles. The molecule has 1 atom stereocenters. The van der Waals surface area contributed by atoms with E-state index in [0.717, 1.165) is 16.5 Å². The van der Waals surface area contributed by atoms with E-state index in [4.69, 9.17) is 0 Å². The lowest BCUT2D eigenvalue weighted by atomic mass is 10.1. The van der Waals surface area contributed by atoms with E-state index in [-0.39, 0.29) is 12.5 Å². The highest BCUT2D eigenvalue weighted by atomic mass is 32.1. The van der Waals surface area contributed by atoms with E-state index in [0.29, 0.717) is 5.56 Å². The monoisotopic (exact) mass is 286 g/mol. The number of aliphatic hydroxyl groups is 1. The number of hydrogen-bond donors (Lipinski definition) is 3. The molecule has 1 amide bonds. The van der Waals surface area contributed by atoms with Crippen molar-refractivity contribution in [3.05, 3.63) is 58.4 Å². The van der Waals surface area contributed by atoms with Gasteiger partial charge in [-0.3, -0.25) is 4.79 Å². The Morgan fingerprint density at radius 2 is 2.25 bits per heavy atom. The normalized spacial score (nSPS) is 12.4. The van der Waals surface area contributed by atoms with E-state index in [2.05, 4.69) is 10.3 Å². The number of benzene rings is 1. The molecule has 20 heavy (non-hydrogen) atoms. The summed E-state index contributed by atoms with van der Waals surface area (Å²) in [6.07, 6.45) is 1.17. The largest absolute Gasteiger partial charge is 0.387 e. The van der Waals surface area contributed by atoms with Gasteiger partial charge in [0.15, 0.2) is 0 Å². The Balaban J connectivity index is 1.66. The predicted molar refractivity (Wildman–Crippen MR) is 79.9 cm³/mol.